The highest BCUT2D eigenvalue weighted by Gasteiger charge is 2.15. The van der Waals surface area contributed by atoms with E-state index >= 15 is 0 Å². The summed E-state index contributed by atoms with van der Waals surface area (Å²) in [5, 5.41) is 9.82. The predicted octanol–water partition coefficient (Wildman–Crippen LogP) is 2.28. The van der Waals surface area contributed by atoms with Gasteiger partial charge in [0.05, 0.1) is 18.6 Å². The number of fused-ring (bicyclic) bond motifs is 1. The molecule has 0 aliphatic rings. The predicted molar refractivity (Wildman–Crippen MR) is 70.3 cm³/mol. The van der Waals surface area contributed by atoms with Crippen molar-refractivity contribution < 1.29 is 19.4 Å². The summed E-state index contributed by atoms with van der Waals surface area (Å²) in [6.45, 7) is 3.80. The average molecular weight is 261 g/mol. The van der Waals surface area contributed by atoms with E-state index in [0.29, 0.717) is 17.7 Å². The molecule has 0 fully saturated rings. The van der Waals surface area contributed by atoms with Crippen molar-refractivity contribution in [3.8, 4) is 0 Å². The number of carboxylic acids is 1. The number of carbonyl (C=O) groups excluding carboxylic acids is 1. The monoisotopic (exact) mass is 261 g/mol. The Morgan fingerprint density at radius 1 is 1.37 bits per heavy atom. The summed E-state index contributed by atoms with van der Waals surface area (Å²) in [5.74, 6) is -1.29. The molecule has 0 amide bonds. The third-order valence-corrected chi connectivity index (χ3v) is 2.92. The molecule has 0 unspecified atom stereocenters. The van der Waals surface area contributed by atoms with Crippen LogP contribution < -0.4 is 0 Å². The molecular weight excluding hydrogens is 246 g/mol. The summed E-state index contributed by atoms with van der Waals surface area (Å²) >= 11 is 0. The molecule has 0 aliphatic heterocycles. The average Bonchev–Trinajstić information content (AvgIpc) is 2.64. The number of aromatic amines is 1. The molecule has 0 spiro atoms. The quantitative estimate of drug-likeness (QED) is 0.827. The zero-order chi connectivity index (χ0) is 14.0. The first-order valence-corrected chi connectivity index (χ1v) is 6.03. The lowest BCUT2D eigenvalue weighted by Gasteiger charge is -2.02. The van der Waals surface area contributed by atoms with Crippen LogP contribution in [0.3, 0.4) is 0 Å². The second-order valence-corrected chi connectivity index (χ2v) is 4.29. The molecule has 0 saturated carbocycles. The van der Waals surface area contributed by atoms with Crippen LogP contribution in [0.4, 0.5) is 0 Å². The van der Waals surface area contributed by atoms with Crippen LogP contribution in [0.1, 0.15) is 28.5 Å². The topological polar surface area (TPSA) is 79.4 Å². The Kier molecular flexibility index (Phi) is 3.55. The van der Waals surface area contributed by atoms with Crippen LogP contribution in [0, 0.1) is 6.92 Å². The van der Waals surface area contributed by atoms with Crippen molar-refractivity contribution >= 4 is 22.8 Å². The Bertz CT molecular complexity index is 642. The SMILES string of the molecule is CCOC(=O)Cc1ccc2[nH]c(C)c(C(=O)O)c2c1. The Morgan fingerprint density at radius 3 is 2.74 bits per heavy atom. The van der Waals surface area contributed by atoms with Crippen LogP contribution in [0.25, 0.3) is 10.9 Å². The summed E-state index contributed by atoms with van der Waals surface area (Å²) in [5.41, 5.74) is 2.35. The standard InChI is InChI=1S/C14H15NO4/c1-3-19-12(16)7-9-4-5-11-10(6-9)13(14(17)18)8(2)15-11/h4-6,15H,3,7H2,1-2H3,(H,17,18). The Hall–Kier alpha value is -2.30. The third kappa shape index (κ3) is 2.59. The number of carboxylic acid groups (broad SMARTS) is 1. The molecule has 5 nitrogen and oxygen atoms in total. The number of ether oxygens (including phenoxy) is 1. The normalized spacial score (nSPS) is 10.6. The van der Waals surface area contributed by atoms with Crippen molar-refractivity contribution in [2.24, 2.45) is 0 Å². The minimum atomic E-state index is -0.975. The number of nitrogens with one attached hydrogen (secondary N) is 1. The van der Waals surface area contributed by atoms with Gasteiger partial charge in [-0.2, -0.15) is 0 Å². The molecule has 0 atom stereocenters. The fraction of sp³-hybridized carbons (Fsp3) is 0.286. The highest BCUT2D eigenvalue weighted by atomic mass is 16.5. The highest BCUT2D eigenvalue weighted by Crippen LogP contribution is 2.23. The van der Waals surface area contributed by atoms with Gasteiger partial charge in [0.15, 0.2) is 0 Å². The van der Waals surface area contributed by atoms with E-state index in [9.17, 15) is 14.7 Å². The van der Waals surface area contributed by atoms with Crippen LogP contribution in [0.5, 0.6) is 0 Å². The van der Waals surface area contributed by atoms with E-state index in [1.807, 2.05) is 0 Å². The molecule has 0 bridgehead atoms. The summed E-state index contributed by atoms with van der Waals surface area (Å²) < 4.78 is 4.88. The number of aromatic nitrogens is 1. The molecule has 2 aromatic rings. The summed E-state index contributed by atoms with van der Waals surface area (Å²) in [7, 11) is 0. The fourth-order valence-corrected chi connectivity index (χ4v) is 2.14. The number of carbonyl (C=O) groups is 2. The first-order chi connectivity index (χ1) is 9.02. The van der Waals surface area contributed by atoms with Crippen molar-refractivity contribution in [2.75, 3.05) is 6.61 Å². The van der Waals surface area contributed by atoms with Gasteiger partial charge >= 0.3 is 11.9 Å². The van der Waals surface area contributed by atoms with Gasteiger partial charge in [-0.3, -0.25) is 4.79 Å². The smallest absolute Gasteiger partial charge is 0.338 e. The van der Waals surface area contributed by atoms with Crippen molar-refractivity contribution in [1.82, 2.24) is 4.98 Å². The zero-order valence-corrected chi connectivity index (χ0v) is 10.8. The van der Waals surface area contributed by atoms with E-state index in [0.717, 1.165) is 11.1 Å². The van der Waals surface area contributed by atoms with Crippen LogP contribution in [-0.2, 0) is 16.0 Å². The number of esters is 1. The molecule has 2 rings (SSSR count). The number of aryl methyl sites for hydroxylation is 1. The van der Waals surface area contributed by atoms with E-state index in [-0.39, 0.29) is 18.0 Å². The number of hydrogen-bond acceptors (Lipinski definition) is 3. The molecule has 100 valence electrons. The maximum Gasteiger partial charge on any atom is 0.338 e. The molecule has 1 aromatic carbocycles. The van der Waals surface area contributed by atoms with E-state index in [1.165, 1.54) is 0 Å². The van der Waals surface area contributed by atoms with Gasteiger partial charge in [-0.15, -0.1) is 0 Å². The molecular formula is C14H15NO4. The van der Waals surface area contributed by atoms with Crippen molar-refractivity contribution in [1.29, 1.82) is 0 Å². The highest BCUT2D eigenvalue weighted by molar-refractivity contribution is 6.05. The van der Waals surface area contributed by atoms with Gasteiger partial charge in [0, 0.05) is 16.6 Å². The number of H-pyrrole nitrogens is 1. The van der Waals surface area contributed by atoms with Crippen molar-refractivity contribution in [3.05, 3.63) is 35.0 Å². The van der Waals surface area contributed by atoms with E-state index in [2.05, 4.69) is 4.98 Å². The lowest BCUT2D eigenvalue weighted by Crippen LogP contribution is -2.07. The number of aromatic carboxylic acids is 1. The number of rotatable bonds is 4. The van der Waals surface area contributed by atoms with E-state index in [4.69, 9.17) is 4.74 Å². The largest absolute Gasteiger partial charge is 0.478 e. The lowest BCUT2D eigenvalue weighted by molar-refractivity contribution is -0.142. The first-order valence-electron chi connectivity index (χ1n) is 6.03. The van der Waals surface area contributed by atoms with Gasteiger partial charge in [0.2, 0.25) is 0 Å². The molecule has 19 heavy (non-hydrogen) atoms. The van der Waals surface area contributed by atoms with E-state index < -0.39 is 5.97 Å². The molecule has 5 heteroatoms. The maximum absolute atomic E-state index is 11.4. The lowest BCUT2D eigenvalue weighted by atomic mass is 10.1. The minimum absolute atomic E-state index is 0.146. The Morgan fingerprint density at radius 2 is 2.11 bits per heavy atom. The number of hydrogen-bond donors (Lipinski definition) is 2. The Balaban J connectivity index is 2.41. The van der Waals surface area contributed by atoms with Gasteiger partial charge in [0.1, 0.15) is 0 Å². The van der Waals surface area contributed by atoms with Crippen molar-refractivity contribution in [3.63, 3.8) is 0 Å². The summed E-state index contributed by atoms with van der Waals surface area (Å²) in [6.07, 6.45) is 0.146. The van der Waals surface area contributed by atoms with E-state index in [1.54, 1.807) is 32.0 Å². The van der Waals surface area contributed by atoms with Gasteiger partial charge in [0.25, 0.3) is 0 Å². The molecule has 1 heterocycles. The van der Waals surface area contributed by atoms with Crippen LogP contribution in [-0.4, -0.2) is 28.6 Å². The molecule has 0 aliphatic carbocycles. The molecule has 0 radical (unpaired) electrons. The fourth-order valence-electron chi connectivity index (χ4n) is 2.14. The molecule has 1 aromatic heterocycles. The van der Waals surface area contributed by atoms with Crippen LogP contribution in [0.15, 0.2) is 18.2 Å². The van der Waals surface area contributed by atoms with Crippen LogP contribution >= 0.6 is 0 Å². The molecule has 2 N–H and O–H groups in total. The van der Waals surface area contributed by atoms with Gasteiger partial charge < -0.3 is 14.8 Å². The molecule has 0 saturated heterocycles. The van der Waals surface area contributed by atoms with Crippen LogP contribution in [0.2, 0.25) is 0 Å². The second kappa shape index (κ2) is 5.14. The minimum Gasteiger partial charge on any atom is -0.478 e. The Labute approximate surface area is 110 Å². The van der Waals surface area contributed by atoms with Gasteiger partial charge in [-0.1, -0.05) is 6.07 Å². The first kappa shape index (κ1) is 13.1. The van der Waals surface area contributed by atoms with Gasteiger partial charge in [-0.25, -0.2) is 4.79 Å². The summed E-state index contributed by atoms with van der Waals surface area (Å²) in [6, 6.07) is 5.30. The van der Waals surface area contributed by atoms with Gasteiger partial charge in [-0.05, 0) is 31.5 Å². The third-order valence-electron chi connectivity index (χ3n) is 2.92. The zero-order valence-electron chi connectivity index (χ0n) is 10.8. The van der Waals surface area contributed by atoms with Crippen molar-refractivity contribution in [2.45, 2.75) is 20.3 Å². The number of benzene rings is 1. The summed E-state index contributed by atoms with van der Waals surface area (Å²) in [4.78, 5) is 25.7. The second-order valence-electron chi connectivity index (χ2n) is 4.29. The maximum atomic E-state index is 11.4.